The maximum absolute atomic E-state index is 12.4. The number of carbonyl (C=O) groups excluding carboxylic acids is 1. The molecule has 1 atom stereocenters. The molecule has 3 aromatic rings. The first kappa shape index (κ1) is 29.3. The van der Waals surface area contributed by atoms with Crippen LogP contribution in [0.2, 0.25) is 0 Å². The summed E-state index contributed by atoms with van der Waals surface area (Å²) in [6, 6.07) is 15.5. The van der Waals surface area contributed by atoms with Crippen LogP contribution < -0.4 is 9.47 Å². The molecule has 0 saturated heterocycles. The highest BCUT2D eigenvalue weighted by molar-refractivity contribution is 5.75. The third-order valence-electron chi connectivity index (χ3n) is 6.76. The van der Waals surface area contributed by atoms with Crippen molar-refractivity contribution in [3.8, 4) is 34.0 Å². The van der Waals surface area contributed by atoms with E-state index in [0.29, 0.717) is 17.5 Å². The Bertz CT molecular complexity index is 1080. The molecule has 5 heteroatoms. The van der Waals surface area contributed by atoms with E-state index >= 15 is 0 Å². The Labute approximate surface area is 229 Å². The lowest BCUT2D eigenvalue weighted by Gasteiger charge is -2.12. The van der Waals surface area contributed by atoms with E-state index in [1.54, 1.807) is 12.1 Å². The second-order valence-electron chi connectivity index (χ2n) is 10.6. The van der Waals surface area contributed by atoms with Gasteiger partial charge in [-0.05, 0) is 60.7 Å². The zero-order chi connectivity index (χ0) is 27.2. The Kier molecular flexibility index (Phi) is 12.3. The highest BCUT2D eigenvalue weighted by Crippen LogP contribution is 2.25. The zero-order valence-corrected chi connectivity index (χ0v) is 23.6. The lowest BCUT2D eigenvalue weighted by Crippen LogP contribution is -2.17. The molecule has 0 bridgehead atoms. The molecule has 5 nitrogen and oxygen atoms in total. The Hall–Kier alpha value is -3.21. The third-order valence-corrected chi connectivity index (χ3v) is 6.76. The summed E-state index contributed by atoms with van der Waals surface area (Å²) in [5.41, 5.74) is 2.88. The van der Waals surface area contributed by atoms with Gasteiger partial charge in [0.25, 0.3) is 0 Å². The fraction of sp³-hybridized carbons (Fsp3) is 0.485. The molecule has 38 heavy (non-hydrogen) atoms. The molecule has 0 spiro atoms. The number of aromatic nitrogens is 2. The minimum absolute atomic E-state index is 0.106. The van der Waals surface area contributed by atoms with Crippen molar-refractivity contribution in [1.82, 2.24) is 9.97 Å². The van der Waals surface area contributed by atoms with Crippen LogP contribution in [0.25, 0.3) is 22.5 Å². The molecule has 0 N–H and O–H groups in total. The van der Waals surface area contributed by atoms with Crippen LogP contribution in [0.4, 0.5) is 0 Å². The van der Waals surface area contributed by atoms with E-state index < -0.39 is 0 Å². The Morgan fingerprint density at radius 1 is 0.711 bits per heavy atom. The van der Waals surface area contributed by atoms with E-state index in [2.05, 4.69) is 30.7 Å². The molecule has 0 aliphatic rings. The van der Waals surface area contributed by atoms with Gasteiger partial charge >= 0.3 is 5.97 Å². The van der Waals surface area contributed by atoms with Crippen molar-refractivity contribution in [3.63, 3.8) is 0 Å². The molecule has 0 aliphatic heterocycles. The van der Waals surface area contributed by atoms with Gasteiger partial charge in [0.15, 0.2) is 5.82 Å². The molecular weight excluding hydrogens is 472 g/mol. The minimum Gasteiger partial charge on any atom is -0.494 e. The fourth-order valence-corrected chi connectivity index (χ4v) is 4.28. The lowest BCUT2D eigenvalue weighted by molar-refractivity contribution is -0.138. The Morgan fingerprint density at radius 2 is 1.32 bits per heavy atom. The van der Waals surface area contributed by atoms with Gasteiger partial charge in [-0.3, -0.25) is 4.79 Å². The van der Waals surface area contributed by atoms with Gasteiger partial charge in [-0.1, -0.05) is 84.8 Å². The normalized spacial score (nSPS) is 11.9. The van der Waals surface area contributed by atoms with Crippen molar-refractivity contribution in [1.29, 1.82) is 0 Å². The van der Waals surface area contributed by atoms with E-state index in [1.807, 2.05) is 55.7 Å². The predicted octanol–water partition coefficient (Wildman–Crippen LogP) is 8.92. The molecule has 1 unspecified atom stereocenters. The Morgan fingerprint density at radius 3 is 1.97 bits per heavy atom. The molecule has 204 valence electrons. The van der Waals surface area contributed by atoms with Crippen LogP contribution in [0.15, 0.2) is 60.9 Å². The summed E-state index contributed by atoms with van der Waals surface area (Å²) in [6.07, 6.45) is 14.2. The Balaban J connectivity index is 1.47. The number of esters is 1. The van der Waals surface area contributed by atoms with Crippen LogP contribution in [-0.4, -0.2) is 22.5 Å². The molecule has 3 rings (SSSR count). The van der Waals surface area contributed by atoms with Crippen molar-refractivity contribution in [2.75, 3.05) is 6.61 Å². The SMILES string of the molecule is CCCCCCCCOc1ccc(-c2cnc(-c3ccc(OC(=O)C(C)CCCC(C)C)cc3)nc2)cc1. The summed E-state index contributed by atoms with van der Waals surface area (Å²) in [4.78, 5) is 21.5. The molecule has 2 aromatic carbocycles. The highest BCUT2D eigenvalue weighted by atomic mass is 16.5. The number of ether oxygens (including phenoxy) is 2. The van der Waals surface area contributed by atoms with Gasteiger partial charge in [-0.15, -0.1) is 0 Å². The van der Waals surface area contributed by atoms with Gasteiger partial charge in [0, 0.05) is 23.5 Å². The summed E-state index contributed by atoms with van der Waals surface area (Å²) >= 11 is 0. The van der Waals surface area contributed by atoms with E-state index in [-0.39, 0.29) is 11.9 Å². The average molecular weight is 517 g/mol. The van der Waals surface area contributed by atoms with E-state index in [1.165, 1.54) is 32.1 Å². The number of nitrogens with zero attached hydrogens (tertiary/aromatic N) is 2. The van der Waals surface area contributed by atoms with Crippen LogP contribution in [0.1, 0.15) is 85.5 Å². The average Bonchev–Trinajstić information content (AvgIpc) is 2.93. The summed E-state index contributed by atoms with van der Waals surface area (Å²) in [5, 5.41) is 0. The topological polar surface area (TPSA) is 61.3 Å². The first-order valence-electron chi connectivity index (χ1n) is 14.3. The molecular formula is C33H44N2O3. The van der Waals surface area contributed by atoms with Crippen molar-refractivity contribution in [3.05, 3.63) is 60.9 Å². The van der Waals surface area contributed by atoms with Crippen LogP contribution >= 0.6 is 0 Å². The predicted molar refractivity (Wildman–Crippen MR) is 155 cm³/mol. The van der Waals surface area contributed by atoms with Gasteiger partial charge in [0.1, 0.15) is 11.5 Å². The summed E-state index contributed by atoms with van der Waals surface area (Å²) in [5.74, 6) is 2.44. The standard InChI is InChI=1S/C33H44N2O3/c1-5-6-7-8-9-10-22-37-30-18-14-27(15-19-30)29-23-34-32(35-24-29)28-16-20-31(21-17-28)38-33(36)26(4)13-11-12-25(2)3/h14-21,23-26H,5-13,22H2,1-4H3. The molecule has 0 saturated carbocycles. The smallest absolute Gasteiger partial charge is 0.314 e. The first-order chi connectivity index (χ1) is 18.5. The van der Waals surface area contributed by atoms with Crippen molar-refractivity contribution < 1.29 is 14.3 Å². The molecule has 0 fully saturated rings. The second kappa shape index (κ2) is 15.9. The second-order valence-corrected chi connectivity index (χ2v) is 10.6. The van der Waals surface area contributed by atoms with Gasteiger partial charge in [-0.25, -0.2) is 9.97 Å². The van der Waals surface area contributed by atoms with Crippen LogP contribution in [-0.2, 0) is 4.79 Å². The van der Waals surface area contributed by atoms with E-state index in [0.717, 1.165) is 54.7 Å². The number of benzene rings is 2. The number of hydrogen-bond donors (Lipinski definition) is 0. The van der Waals surface area contributed by atoms with Gasteiger partial charge in [-0.2, -0.15) is 0 Å². The molecule has 1 aromatic heterocycles. The highest BCUT2D eigenvalue weighted by Gasteiger charge is 2.15. The van der Waals surface area contributed by atoms with Crippen molar-refractivity contribution in [2.24, 2.45) is 11.8 Å². The summed E-state index contributed by atoms with van der Waals surface area (Å²) in [6.45, 7) is 9.34. The molecule has 1 heterocycles. The monoisotopic (exact) mass is 516 g/mol. The van der Waals surface area contributed by atoms with E-state index in [9.17, 15) is 4.79 Å². The quantitative estimate of drug-likeness (QED) is 0.108. The maximum Gasteiger partial charge on any atom is 0.314 e. The maximum atomic E-state index is 12.4. The summed E-state index contributed by atoms with van der Waals surface area (Å²) in [7, 11) is 0. The summed E-state index contributed by atoms with van der Waals surface area (Å²) < 4.78 is 11.5. The number of carbonyl (C=O) groups is 1. The third kappa shape index (κ3) is 9.92. The van der Waals surface area contributed by atoms with Crippen molar-refractivity contribution >= 4 is 5.97 Å². The number of rotatable bonds is 16. The fourth-order valence-electron chi connectivity index (χ4n) is 4.28. The van der Waals surface area contributed by atoms with Gasteiger partial charge in [0.05, 0.1) is 12.5 Å². The first-order valence-corrected chi connectivity index (χ1v) is 14.3. The molecule has 0 amide bonds. The number of hydrogen-bond acceptors (Lipinski definition) is 5. The largest absolute Gasteiger partial charge is 0.494 e. The minimum atomic E-state index is -0.180. The van der Waals surface area contributed by atoms with Crippen LogP contribution in [0.5, 0.6) is 11.5 Å². The van der Waals surface area contributed by atoms with Crippen LogP contribution in [0, 0.1) is 11.8 Å². The molecule has 0 aliphatic carbocycles. The van der Waals surface area contributed by atoms with Crippen molar-refractivity contribution in [2.45, 2.75) is 85.5 Å². The lowest BCUT2D eigenvalue weighted by atomic mass is 10.00. The van der Waals surface area contributed by atoms with Gasteiger partial charge < -0.3 is 9.47 Å². The zero-order valence-electron chi connectivity index (χ0n) is 23.6. The number of unbranched alkanes of at least 4 members (excludes halogenated alkanes) is 5. The molecule has 0 radical (unpaired) electrons. The van der Waals surface area contributed by atoms with Gasteiger partial charge in [0.2, 0.25) is 0 Å². The van der Waals surface area contributed by atoms with E-state index in [4.69, 9.17) is 9.47 Å². The van der Waals surface area contributed by atoms with Crippen LogP contribution in [0.3, 0.4) is 0 Å².